The molecule has 3 rings (SSSR count). The van der Waals surface area contributed by atoms with E-state index in [9.17, 15) is 9.18 Å². The van der Waals surface area contributed by atoms with Crippen molar-refractivity contribution in [3.05, 3.63) is 60.4 Å². The smallest absolute Gasteiger partial charge is 0.230 e. The van der Waals surface area contributed by atoms with Gasteiger partial charge in [0.25, 0.3) is 0 Å². The van der Waals surface area contributed by atoms with E-state index in [1.54, 1.807) is 12.1 Å². The number of thioether (sulfide) groups is 1. The summed E-state index contributed by atoms with van der Waals surface area (Å²) < 4.78 is 15.2. The molecule has 0 aliphatic rings. The summed E-state index contributed by atoms with van der Waals surface area (Å²) in [6.45, 7) is 6.13. The summed E-state index contributed by atoms with van der Waals surface area (Å²) in [6.07, 6.45) is 0. The van der Waals surface area contributed by atoms with Crippen molar-refractivity contribution in [1.29, 1.82) is 0 Å². The molecule has 28 heavy (non-hydrogen) atoms. The minimum atomic E-state index is -0.305. The number of benzene rings is 2. The molecule has 7 heteroatoms. The van der Waals surface area contributed by atoms with Crippen LogP contribution in [0.15, 0.2) is 59.8 Å². The van der Waals surface area contributed by atoms with Crippen molar-refractivity contribution < 1.29 is 9.18 Å². The van der Waals surface area contributed by atoms with Crippen molar-refractivity contribution in [3.8, 4) is 17.1 Å². The zero-order valence-electron chi connectivity index (χ0n) is 16.1. The fourth-order valence-electron chi connectivity index (χ4n) is 2.55. The maximum absolute atomic E-state index is 13.3. The zero-order chi connectivity index (χ0) is 20.1. The molecule has 1 N–H and O–H groups in total. The van der Waals surface area contributed by atoms with Gasteiger partial charge in [-0.1, -0.05) is 43.8 Å². The predicted octanol–water partition coefficient (Wildman–Crippen LogP) is 4.33. The minimum absolute atomic E-state index is 0.0443. The maximum atomic E-state index is 13.3. The Morgan fingerprint density at radius 3 is 2.39 bits per heavy atom. The van der Waals surface area contributed by atoms with Crippen LogP contribution in [0.1, 0.15) is 20.8 Å². The Hall–Kier alpha value is -2.67. The average molecular weight is 399 g/mol. The molecule has 3 aromatic rings. The van der Waals surface area contributed by atoms with Crippen molar-refractivity contribution in [2.45, 2.75) is 32.0 Å². The summed E-state index contributed by atoms with van der Waals surface area (Å²) in [5.74, 6) is 0.861. The molecule has 0 saturated carbocycles. The van der Waals surface area contributed by atoms with Crippen molar-refractivity contribution in [2.75, 3.05) is 5.75 Å². The van der Waals surface area contributed by atoms with Gasteiger partial charge in [-0.25, -0.2) is 4.39 Å². The van der Waals surface area contributed by atoms with Crippen LogP contribution in [0.5, 0.6) is 0 Å². The second kappa shape index (κ2) is 9.01. The second-order valence-corrected chi connectivity index (χ2v) is 7.82. The van der Waals surface area contributed by atoms with E-state index in [2.05, 4.69) is 29.4 Å². The van der Waals surface area contributed by atoms with E-state index in [0.29, 0.717) is 16.9 Å². The van der Waals surface area contributed by atoms with Gasteiger partial charge in [0.1, 0.15) is 5.82 Å². The third kappa shape index (κ3) is 4.78. The molecule has 5 nitrogen and oxygen atoms in total. The van der Waals surface area contributed by atoms with Gasteiger partial charge >= 0.3 is 0 Å². The van der Waals surface area contributed by atoms with Crippen molar-refractivity contribution >= 4 is 17.7 Å². The average Bonchev–Trinajstić information content (AvgIpc) is 3.11. The Morgan fingerprint density at radius 1 is 1.07 bits per heavy atom. The fourth-order valence-corrected chi connectivity index (χ4v) is 3.31. The van der Waals surface area contributed by atoms with Crippen molar-refractivity contribution in [2.24, 2.45) is 5.92 Å². The monoisotopic (exact) mass is 398 g/mol. The predicted molar refractivity (Wildman–Crippen MR) is 110 cm³/mol. The first-order chi connectivity index (χ1) is 13.5. The normalized spacial score (nSPS) is 12.2. The maximum Gasteiger partial charge on any atom is 0.230 e. The van der Waals surface area contributed by atoms with E-state index in [1.165, 1.54) is 23.9 Å². The Bertz CT molecular complexity index is 925. The lowest BCUT2D eigenvalue weighted by Crippen LogP contribution is -2.37. The number of nitrogens with zero attached hydrogens (tertiary/aromatic N) is 3. The number of nitrogens with one attached hydrogen (secondary N) is 1. The molecular weight excluding hydrogens is 375 g/mol. The third-order valence-corrected chi connectivity index (χ3v) is 5.40. The molecular formula is C21H23FN4OS. The van der Waals surface area contributed by atoms with E-state index < -0.39 is 0 Å². The highest BCUT2D eigenvalue weighted by Gasteiger charge is 2.18. The number of para-hydroxylation sites is 1. The number of halogens is 1. The van der Waals surface area contributed by atoms with Crippen LogP contribution >= 0.6 is 11.8 Å². The molecule has 146 valence electrons. The number of carbonyl (C=O) groups excluding carboxylic acids is 1. The van der Waals surface area contributed by atoms with Crippen molar-refractivity contribution in [1.82, 2.24) is 20.1 Å². The molecule has 0 aliphatic heterocycles. The van der Waals surface area contributed by atoms with Crippen LogP contribution in [-0.4, -0.2) is 32.5 Å². The van der Waals surface area contributed by atoms with Crippen LogP contribution in [0.2, 0.25) is 0 Å². The second-order valence-electron chi connectivity index (χ2n) is 6.87. The number of aromatic nitrogens is 3. The quantitative estimate of drug-likeness (QED) is 0.602. The van der Waals surface area contributed by atoms with E-state index in [0.717, 1.165) is 11.3 Å². The van der Waals surface area contributed by atoms with E-state index in [1.807, 2.05) is 41.8 Å². The Balaban J connectivity index is 1.87. The standard InChI is InChI=1S/C21H23FN4OS/c1-14(2)15(3)23-19(27)13-28-21-25-24-20(16-9-11-17(22)12-10-16)26(21)18-7-5-4-6-8-18/h4-12,14-15H,13H2,1-3H3,(H,23,27)/t15-/m1/s1. The topological polar surface area (TPSA) is 59.8 Å². The number of hydrogen-bond acceptors (Lipinski definition) is 4. The molecule has 0 radical (unpaired) electrons. The molecule has 0 spiro atoms. The summed E-state index contributed by atoms with van der Waals surface area (Å²) >= 11 is 1.33. The number of amides is 1. The molecule has 0 aliphatic carbocycles. The van der Waals surface area contributed by atoms with E-state index in [4.69, 9.17) is 0 Å². The van der Waals surface area contributed by atoms with Gasteiger partial charge in [-0.15, -0.1) is 10.2 Å². The lowest BCUT2D eigenvalue weighted by atomic mass is 10.1. The Labute approximate surface area is 168 Å². The van der Waals surface area contributed by atoms with Gasteiger partial charge < -0.3 is 5.32 Å². The summed E-state index contributed by atoms with van der Waals surface area (Å²) in [7, 11) is 0. The Kier molecular flexibility index (Phi) is 6.46. The molecule has 1 amide bonds. The minimum Gasteiger partial charge on any atom is -0.353 e. The molecule has 0 saturated heterocycles. The van der Waals surface area contributed by atoms with Crippen LogP contribution in [0.25, 0.3) is 17.1 Å². The molecule has 1 heterocycles. The highest BCUT2D eigenvalue weighted by Crippen LogP contribution is 2.28. The van der Waals surface area contributed by atoms with Crippen molar-refractivity contribution in [3.63, 3.8) is 0 Å². The Morgan fingerprint density at radius 2 is 1.75 bits per heavy atom. The van der Waals surface area contributed by atoms with E-state index >= 15 is 0 Å². The highest BCUT2D eigenvalue weighted by atomic mass is 32.2. The van der Waals surface area contributed by atoms with Gasteiger partial charge in [-0.3, -0.25) is 9.36 Å². The van der Waals surface area contributed by atoms with Gasteiger partial charge in [0, 0.05) is 17.3 Å². The first-order valence-corrected chi connectivity index (χ1v) is 10.1. The number of rotatable bonds is 7. The molecule has 1 aromatic heterocycles. The molecule has 0 fully saturated rings. The van der Waals surface area contributed by atoms with Gasteiger partial charge in [-0.05, 0) is 49.2 Å². The van der Waals surface area contributed by atoms with Gasteiger partial charge in [0.05, 0.1) is 5.75 Å². The summed E-state index contributed by atoms with van der Waals surface area (Å²) in [5, 5.41) is 12.2. The largest absolute Gasteiger partial charge is 0.353 e. The van der Waals surface area contributed by atoms with Crippen LogP contribution in [0.3, 0.4) is 0 Å². The lowest BCUT2D eigenvalue weighted by molar-refractivity contribution is -0.119. The van der Waals surface area contributed by atoms with Crippen LogP contribution in [0.4, 0.5) is 4.39 Å². The summed E-state index contributed by atoms with van der Waals surface area (Å²) in [4.78, 5) is 12.3. The summed E-state index contributed by atoms with van der Waals surface area (Å²) in [5.41, 5.74) is 1.63. The first-order valence-electron chi connectivity index (χ1n) is 9.14. The van der Waals surface area contributed by atoms with Crippen LogP contribution in [-0.2, 0) is 4.79 Å². The molecule has 1 atom stereocenters. The van der Waals surface area contributed by atoms with Gasteiger partial charge in [0.15, 0.2) is 11.0 Å². The van der Waals surface area contributed by atoms with Crippen LogP contribution in [0, 0.1) is 11.7 Å². The van der Waals surface area contributed by atoms with Crippen LogP contribution < -0.4 is 5.32 Å². The zero-order valence-corrected chi connectivity index (χ0v) is 16.9. The molecule has 0 bridgehead atoms. The van der Waals surface area contributed by atoms with Gasteiger partial charge in [0.2, 0.25) is 5.91 Å². The first kappa shape index (κ1) is 20.1. The number of hydrogen-bond donors (Lipinski definition) is 1. The van der Waals surface area contributed by atoms with E-state index in [-0.39, 0.29) is 23.5 Å². The highest BCUT2D eigenvalue weighted by molar-refractivity contribution is 7.99. The summed E-state index contributed by atoms with van der Waals surface area (Å²) in [6, 6.07) is 15.9. The molecule has 0 unspecified atom stereocenters. The molecule has 2 aromatic carbocycles. The van der Waals surface area contributed by atoms with Gasteiger partial charge in [-0.2, -0.15) is 0 Å². The third-order valence-electron chi connectivity index (χ3n) is 4.47. The SMILES string of the molecule is CC(C)[C@@H](C)NC(=O)CSc1nnc(-c2ccc(F)cc2)n1-c1ccccc1. The fraction of sp³-hybridized carbons (Fsp3) is 0.286. The lowest BCUT2D eigenvalue weighted by Gasteiger charge is -2.17. The number of carbonyl (C=O) groups is 1.